The van der Waals surface area contributed by atoms with Gasteiger partial charge >= 0.3 is 0 Å². The second-order valence-electron chi connectivity index (χ2n) is 6.58. The van der Waals surface area contributed by atoms with Gasteiger partial charge in [-0.15, -0.1) is 11.6 Å². The van der Waals surface area contributed by atoms with E-state index in [1.165, 1.54) is 25.7 Å². The summed E-state index contributed by atoms with van der Waals surface area (Å²) in [5, 5.41) is 0.759. The van der Waals surface area contributed by atoms with E-state index in [0.717, 1.165) is 21.9 Å². The Morgan fingerprint density at radius 3 is 2.90 bits per heavy atom. The predicted molar refractivity (Wildman–Crippen MR) is 85.6 cm³/mol. The van der Waals surface area contributed by atoms with Crippen molar-refractivity contribution < 1.29 is 0 Å². The van der Waals surface area contributed by atoms with E-state index in [1.54, 1.807) is 0 Å². The maximum atomic E-state index is 6.16. The molecule has 0 aliphatic heterocycles. The highest BCUT2D eigenvalue weighted by atomic mass is 35.5. The van der Waals surface area contributed by atoms with E-state index in [-0.39, 0.29) is 0 Å². The van der Waals surface area contributed by atoms with E-state index in [2.05, 4.69) is 23.4 Å². The molecule has 20 heavy (non-hydrogen) atoms. The summed E-state index contributed by atoms with van der Waals surface area (Å²) in [7, 11) is 0. The Kier molecular flexibility index (Phi) is 3.72. The maximum Gasteiger partial charge on any atom is 0.125 e. The zero-order valence-electron chi connectivity index (χ0n) is 12.0. The number of alkyl halides is 1. The van der Waals surface area contributed by atoms with Gasteiger partial charge in [-0.25, -0.2) is 4.98 Å². The minimum absolute atomic E-state index is 0.391. The molecule has 0 bridgehead atoms. The number of benzene rings is 1. The van der Waals surface area contributed by atoms with Gasteiger partial charge in [-0.05, 0) is 42.9 Å². The van der Waals surface area contributed by atoms with Gasteiger partial charge in [-0.1, -0.05) is 31.9 Å². The first-order chi connectivity index (χ1) is 9.50. The van der Waals surface area contributed by atoms with Crippen LogP contribution in [0, 0.1) is 5.41 Å². The number of imidazole rings is 1. The molecule has 4 heteroatoms. The molecule has 0 saturated heterocycles. The van der Waals surface area contributed by atoms with Crippen molar-refractivity contribution in [1.29, 1.82) is 0 Å². The number of halogens is 2. The Labute approximate surface area is 130 Å². The molecule has 1 unspecified atom stereocenters. The van der Waals surface area contributed by atoms with Gasteiger partial charge in [0.15, 0.2) is 0 Å². The predicted octanol–water partition coefficient (Wildman–Crippen LogP) is 5.57. The number of rotatable bonds is 2. The van der Waals surface area contributed by atoms with Crippen LogP contribution in [0.1, 0.15) is 51.4 Å². The van der Waals surface area contributed by atoms with Crippen LogP contribution in [0.4, 0.5) is 0 Å². The first-order valence-corrected chi connectivity index (χ1v) is 8.14. The lowest BCUT2D eigenvalue weighted by Crippen LogP contribution is -2.25. The van der Waals surface area contributed by atoms with Crippen molar-refractivity contribution in [3.63, 3.8) is 0 Å². The highest BCUT2D eigenvalue weighted by Crippen LogP contribution is 2.42. The molecule has 108 valence electrons. The Morgan fingerprint density at radius 1 is 1.40 bits per heavy atom. The van der Waals surface area contributed by atoms with Crippen LogP contribution in [0.5, 0.6) is 0 Å². The Bertz CT molecular complexity index is 631. The fourth-order valence-corrected chi connectivity index (χ4v) is 3.85. The molecule has 3 rings (SSSR count). The molecular formula is C16H20Cl2N2. The van der Waals surface area contributed by atoms with Gasteiger partial charge in [0, 0.05) is 11.1 Å². The second kappa shape index (κ2) is 5.23. The minimum Gasteiger partial charge on any atom is -0.324 e. The van der Waals surface area contributed by atoms with Crippen LogP contribution in [-0.4, -0.2) is 9.55 Å². The summed E-state index contributed by atoms with van der Waals surface area (Å²) in [6.45, 7) is 4.71. The number of hydrogen-bond donors (Lipinski definition) is 0. The highest BCUT2D eigenvalue weighted by molar-refractivity contribution is 6.31. The molecule has 2 aromatic rings. The zero-order chi connectivity index (χ0) is 14.3. The fraction of sp³-hybridized carbons (Fsp3) is 0.562. The molecule has 1 aliphatic carbocycles. The molecule has 1 aromatic carbocycles. The third kappa shape index (κ3) is 2.56. The SMILES string of the molecule is CC1(C)CCCC(n2c(CCl)nc3ccc(Cl)cc32)C1. The molecule has 2 nitrogen and oxygen atoms in total. The van der Waals surface area contributed by atoms with Crippen molar-refractivity contribution in [2.45, 2.75) is 51.5 Å². The van der Waals surface area contributed by atoms with Crippen LogP contribution in [0.2, 0.25) is 5.02 Å². The fourth-order valence-electron chi connectivity index (χ4n) is 3.50. The number of fused-ring (bicyclic) bond motifs is 1. The molecule has 1 aliphatic rings. The van der Waals surface area contributed by atoms with E-state index < -0.39 is 0 Å². The normalized spacial score (nSPS) is 22.3. The van der Waals surface area contributed by atoms with Crippen LogP contribution >= 0.6 is 23.2 Å². The molecule has 1 saturated carbocycles. The first-order valence-electron chi connectivity index (χ1n) is 7.22. The third-order valence-electron chi connectivity index (χ3n) is 4.39. The van der Waals surface area contributed by atoms with Gasteiger partial charge in [-0.2, -0.15) is 0 Å². The Balaban J connectivity index is 2.11. The number of aromatic nitrogens is 2. The van der Waals surface area contributed by atoms with E-state index >= 15 is 0 Å². The summed E-state index contributed by atoms with van der Waals surface area (Å²) in [6, 6.07) is 6.38. The average molecular weight is 311 g/mol. The first kappa shape index (κ1) is 14.2. The van der Waals surface area contributed by atoms with E-state index in [1.807, 2.05) is 18.2 Å². The van der Waals surface area contributed by atoms with E-state index in [9.17, 15) is 0 Å². The molecule has 0 radical (unpaired) electrons. The van der Waals surface area contributed by atoms with Crippen LogP contribution in [0.3, 0.4) is 0 Å². The van der Waals surface area contributed by atoms with Gasteiger partial charge in [0.25, 0.3) is 0 Å². The van der Waals surface area contributed by atoms with E-state index in [4.69, 9.17) is 23.2 Å². The lowest BCUT2D eigenvalue weighted by atomic mass is 9.75. The summed E-state index contributed by atoms with van der Waals surface area (Å²) in [5.41, 5.74) is 2.51. The Hall–Kier alpha value is -0.730. The molecule has 0 N–H and O–H groups in total. The number of nitrogens with zero attached hydrogens (tertiary/aromatic N) is 2. The van der Waals surface area contributed by atoms with Crippen molar-refractivity contribution >= 4 is 34.2 Å². The second-order valence-corrected chi connectivity index (χ2v) is 7.28. The molecule has 1 heterocycles. The van der Waals surface area contributed by atoms with Crippen LogP contribution in [0.15, 0.2) is 18.2 Å². The van der Waals surface area contributed by atoms with Gasteiger partial charge in [-0.3, -0.25) is 0 Å². The summed E-state index contributed by atoms with van der Waals surface area (Å²) < 4.78 is 2.33. The van der Waals surface area contributed by atoms with Gasteiger partial charge in [0.2, 0.25) is 0 Å². The van der Waals surface area contributed by atoms with Gasteiger partial charge in [0.1, 0.15) is 5.82 Å². The van der Waals surface area contributed by atoms with Crippen LogP contribution in [-0.2, 0) is 5.88 Å². The highest BCUT2D eigenvalue weighted by Gasteiger charge is 2.30. The summed E-state index contributed by atoms with van der Waals surface area (Å²) >= 11 is 12.3. The minimum atomic E-state index is 0.391. The maximum absolute atomic E-state index is 6.16. The van der Waals surface area contributed by atoms with Crippen molar-refractivity contribution in [2.75, 3.05) is 0 Å². The molecule has 1 fully saturated rings. The quantitative estimate of drug-likeness (QED) is 0.663. The van der Waals surface area contributed by atoms with Crippen LogP contribution < -0.4 is 0 Å². The Morgan fingerprint density at radius 2 is 2.20 bits per heavy atom. The van der Waals surface area contributed by atoms with Gasteiger partial charge in [0.05, 0.1) is 16.9 Å². The lowest BCUT2D eigenvalue weighted by Gasteiger charge is -2.36. The zero-order valence-corrected chi connectivity index (χ0v) is 13.5. The lowest BCUT2D eigenvalue weighted by molar-refractivity contribution is 0.184. The summed E-state index contributed by atoms with van der Waals surface area (Å²) in [6.07, 6.45) is 4.94. The van der Waals surface area contributed by atoms with Crippen molar-refractivity contribution in [2.24, 2.45) is 5.41 Å². The molecule has 1 atom stereocenters. The van der Waals surface area contributed by atoms with Crippen molar-refractivity contribution in [3.8, 4) is 0 Å². The van der Waals surface area contributed by atoms with E-state index in [0.29, 0.717) is 17.3 Å². The molecular weight excluding hydrogens is 291 g/mol. The number of hydrogen-bond acceptors (Lipinski definition) is 1. The largest absolute Gasteiger partial charge is 0.324 e. The third-order valence-corrected chi connectivity index (χ3v) is 4.86. The topological polar surface area (TPSA) is 17.8 Å². The van der Waals surface area contributed by atoms with Crippen molar-refractivity contribution in [3.05, 3.63) is 29.0 Å². The standard InChI is InChI=1S/C16H20Cl2N2/c1-16(2)7-3-4-12(9-16)20-14-8-11(18)5-6-13(14)19-15(20)10-17/h5-6,8,12H,3-4,7,9-10H2,1-2H3. The monoisotopic (exact) mass is 310 g/mol. The summed E-state index contributed by atoms with van der Waals surface area (Å²) in [4.78, 5) is 4.67. The smallest absolute Gasteiger partial charge is 0.125 e. The average Bonchev–Trinajstić information content (AvgIpc) is 2.75. The molecule has 0 amide bonds. The molecule has 1 aromatic heterocycles. The van der Waals surface area contributed by atoms with Gasteiger partial charge < -0.3 is 4.57 Å². The van der Waals surface area contributed by atoms with Crippen LogP contribution in [0.25, 0.3) is 11.0 Å². The van der Waals surface area contributed by atoms with Crippen molar-refractivity contribution in [1.82, 2.24) is 9.55 Å². The molecule has 0 spiro atoms. The summed E-state index contributed by atoms with van der Waals surface area (Å²) in [5.74, 6) is 1.41.